The summed E-state index contributed by atoms with van der Waals surface area (Å²) in [4.78, 5) is 14.1. The normalized spacial score (nSPS) is 10.3. The Bertz CT molecular complexity index is 548. The zero-order valence-corrected chi connectivity index (χ0v) is 9.14. The van der Waals surface area contributed by atoms with Crippen LogP contribution in [0.3, 0.4) is 0 Å². The van der Waals surface area contributed by atoms with Crippen LogP contribution in [0.1, 0.15) is 0 Å². The molecule has 2 aromatic rings. The first-order valence-corrected chi connectivity index (χ1v) is 5.07. The van der Waals surface area contributed by atoms with E-state index in [-0.39, 0.29) is 5.43 Å². The first-order chi connectivity index (χ1) is 7.18. The number of pyridine rings is 1. The van der Waals surface area contributed by atoms with Crippen LogP contribution >= 0.6 is 23.2 Å². The van der Waals surface area contributed by atoms with E-state index in [0.717, 1.165) is 5.56 Å². The Kier molecular flexibility index (Phi) is 2.80. The fourth-order valence-electron chi connectivity index (χ4n) is 1.31. The summed E-state index contributed by atoms with van der Waals surface area (Å²) >= 11 is 11.9. The average molecular weight is 240 g/mol. The summed E-state index contributed by atoms with van der Waals surface area (Å²) in [5.74, 6) is 0. The SMILES string of the molecule is O=c1cc[nH]c(-c2cccc(Cl)c2Cl)c1. The predicted molar refractivity (Wildman–Crippen MR) is 62.5 cm³/mol. The zero-order chi connectivity index (χ0) is 10.8. The number of aromatic amines is 1. The summed E-state index contributed by atoms with van der Waals surface area (Å²) in [7, 11) is 0. The molecular weight excluding hydrogens is 233 g/mol. The van der Waals surface area contributed by atoms with Crippen molar-refractivity contribution in [3.05, 3.63) is 56.8 Å². The van der Waals surface area contributed by atoms with Gasteiger partial charge in [0.2, 0.25) is 0 Å². The molecule has 1 aromatic carbocycles. The maximum Gasteiger partial charge on any atom is 0.182 e. The van der Waals surface area contributed by atoms with E-state index in [0.29, 0.717) is 15.7 Å². The van der Waals surface area contributed by atoms with Gasteiger partial charge in [-0.1, -0.05) is 35.3 Å². The fourth-order valence-corrected chi connectivity index (χ4v) is 1.72. The Morgan fingerprint density at radius 2 is 1.93 bits per heavy atom. The first-order valence-electron chi connectivity index (χ1n) is 4.31. The Hall–Kier alpha value is -1.25. The number of halogens is 2. The van der Waals surface area contributed by atoms with E-state index >= 15 is 0 Å². The van der Waals surface area contributed by atoms with Gasteiger partial charge in [-0.2, -0.15) is 0 Å². The molecule has 2 nitrogen and oxygen atoms in total. The quantitative estimate of drug-likeness (QED) is 0.814. The lowest BCUT2D eigenvalue weighted by Gasteiger charge is -2.04. The van der Waals surface area contributed by atoms with Crippen molar-refractivity contribution in [1.29, 1.82) is 0 Å². The maximum atomic E-state index is 11.2. The van der Waals surface area contributed by atoms with Crippen molar-refractivity contribution in [2.75, 3.05) is 0 Å². The van der Waals surface area contributed by atoms with Gasteiger partial charge < -0.3 is 4.98 Å². The highest BCUT2D eigenvalue weighted by molar-refractivity contribution is 6.43. The molecule has 76 valence electrons. The van der Waals surface area contributed by atoms with Crippen LogP contribution < -0.4 is 5.43 Å². The lowest BCUT2D eigenvalue weighted by atomic mass is 10.1. The van der Waals surface area contributed by atoms with Crippen LogP contribution in [-0.4, -0.2) is 4.98 Å². The molecule has 0 fully saturated rings. The van der Waals surface area contributed by atoms with Crippen LogP contribution in [-0.2, 0) is 0 Å². The Labute approximate surface area is 96.5 Å². The molecule has 1 N–H and O–H groups in total. The number of H-pyrrole nitrogens is 1. The van der Waals surface area contributed by atoms with Gasteiger partial charge in [-0.3, -0.25) is 4.79 Å². The third kappa shape index (κ3) is 2.06. The van der Waals surface area contributed by atoms with E-state index in [1.54, 1.807) is 24.4 Å². The number of aromatic nitrogens is 1. The van der Waals surface area contributed by atoms with E-state index in [1.807, 2.05) is 0 Å². The van der Waals surface area contributed by atoms with Gasteiger partial charge >= 0.3 is 0 Å². The number of hydrogen-bond donors (Lipinski definition) is 1. The maximum absolute atomic E-state index is 11.2. The summed E-state index contributed by atoms with van der Waals surface area (Å²) < 4.78 is 0. The molecule has 0 amide bonds. The molecule has 0 atom stereocenters. The van der Waals surface area contributed by atoms with E-state index in [9.17, 15) is 4.79 Å². The molecule has 15 heavy (non-hydrogen) atoms. The van der Waals surface area contributed by atoms with Gasteiger partial charge in [-0.05, 0) is 6.07 Å². The molecule has 0 spiro atoms. The van der Waals surface area contributed by atoms with Crippen molar-refractivity contribution in [2.45, 2.75) is 0 Å². The van der Waals surface area contributed by atoms with Gasteiger partial charge in [0.25, 0.3) is 0 Å². The third-order valence-electron chi connectivity index (χ3n) is 2.01. The summed E-state index contributed by atoms with van der Waals surface area (Å²) in [5.41, 5.74) is 1.32. The van der Waals surface area contributed by atoms with Crippen molar-refractivity contribution in [3.63, 3.8) is 0 Å². The highest BCUT2D eigenvalue weighted by Crippen LogP contribution is 2.31. The molecule has 0 saturated carbocycles. The molecule has 4 heteroatoms. The van der Waals surface area contributed by atoms with Crippen molar-refractivity contribution in [1.82, 2.24) is 4.98 Å². The molecule has 1 heterocycles. The second-order valence-corrected chi connectivity index (χ2v) is 3.82. The van der Waals surface area contributed by atoms with Crippen LogP contribution in [0, 0.1) is 0 Å². The Balaban J connectivity index is 2.64. The Morgan fingerprint density at radius 1 is 1.13 bits per heavy atom. The van der Waals surface area contributed by atoms with Crippen LogP contribution in [0.2, 0.25) is 10.0 Å². The van der Waals surface area contributed by atoms with Crippen LogP contribution in [0.4, 0.5) is 0 Å². The number of rotatable bonds is 1. The molecule has 0 aliphatic carbocycles. The minimum absolute atomic E-state index is 0.0696. The molecular formula is C11H7Cl2NO. The van der Waals surface area contributed by atoms with Crippen molar-refractivity contribution in [3.8, 4) is 11.3 Å². The van der Waals surface area contributed by atoms with Gasteiger partial charge in [-0.25, -0.2) is 0 Å². The molecule has 0 aliphatic heterocycles. The van der Waals surface area contributed by atoms with Gasteiger partial charge in [-0.15, -0.1) is 0 Å². The minimum atomic E-state index is -0.0696. The molecule has 0 bridgehead atoms. The summed E-state index contributed by atoms with van der Waals surface area (Å²) in [5, 5.41) is 0.917. The van der Waals surface area contributed by atoms with Gasteiger partial charge in [0.05, 0.1) is 15.7 Å². The largest absolute Gasteiger partial charge is 0.361 e. The van der Waals surface area contributed by atoms with Gasteiger partial charge in [0.15, 0.2) is 5.43 Å². The fraction of sp³-hybridized carbons (Fsp3) is 0. The number of nitrogens with one attached hydrogen (secondary N) is 1. The monoisotopic (exact) mass is 239 g/mol. The zero-order valence-electron chi connectivity index (χ0n) is 7.63. The van der Waals surface area contributed by atoms with Crippen molar-refractivity contribution >= 4 is 23.2 Å². The van der Waals surface area contributed by atoms with Gasteiger partial charge in [0, 0.05) is 23.9 Å². The summed E-state index contributed by atoms with van der Waals surface area (Å²) in [6.07, 6.45) is 1.58. The first kappa shape index (κ1) is 10.3. The smallest absolute Gasteiger partial charge is 0.182 e. The van der Waals surface area contributed by atoms with Crippen molar-refractivity contribution < 1.29 is 0 Å². The van der Waals surface area contributed by atoms with Crippen molar-refractivity contribution in [2.24, 2.45) is 0 Å². The predicted octanol–water partition coefficient (Wildman–Crippen LogP) is 3.35. The third-order valence-corrected chi connectivity index (χ3v) is 2.83. The molecule has 1 aromatic heterocycles. The average Bonchev–Trinajstić information content (AvgIpc) is 2.22. The van der Waals surface area contributed by atoms with Crippen LogP contribution in [0.5, 0.6) is 0 Å². The van der Waals surface area contributed by atoms with Gasteiger partial charge in [0.1, 0.15) is 0 Å². The summed E-state index contributed by atoms with van der Waals surface area (Å²) in [6.45, 7) is 0. The lowest BCUT2D eigenvalue weighted by molar-refractivity contribution is 1.30. The topological polar surface area (TPSA) is 32.9 Å². The van der Waals surface area contributed by atoms with Crippen LogP contribution in [0.15, 0.2) is 41.3 Å². The van der Waals surface area contributed by atoms with E-state index in [1.165, 1.54) is 12.1 Å². The molecule has 0 unspecified atom stereocenters. The molecule has 0 radical (unpaired) electrons. The second-order valence-electron chi connectivity index (χ2n) is 3.04. The lowest BCUT2D eigenvalue weighted by Crippen LogP contribution is -1.98. The highest BCUT2D eigenvalue weighted by Gasteiger charge is 2.06. The number of benzene rings is 1. The Morgan fingerprint density at radius 3 is 2.67 bits per heavy atom. The van der Waals surface area contributed by atoms with E-state index in [4.69, 9.17) is 23.2 Å². The molecule has 0 saturated heterocycles. The van der Waals surface area contributed by atoms with Crippen LogP contribution in [0.25, 0.3) is 11.3 Å². The van der Waals surface area contributed by atoms with E-state index < -0.39 is 0 Å². The molecule has 0 aliphatic rings. The van der Waals surface area contributed by atoms with E-state index in [2.05, 4.69) is 4.98 Å². The highest BCUT2D eigenvalue weighted by atomic mass is 35.5. The second kappa shape index (κ2) is 4.09. The minimum Gasteiger partial charge on any atom is -0.361 e. The standard InChI is InChI=1S/C11H7Cl2NO/c12-9-3-1-2-8(11(9)13)10-6-7(15)4-5-14-10/h1-6H,(H,14,15). The summed E-state index contributed by atoms with van der Waals surface area (Å²) in [6, 6.07) is 8.22. The number of hydrogen-bond acceptors (Lipinski definition) is 1. The molecule has 2 rings (SSSR count).